The molecule has 0 aromatic heterocycles. The molecule has 4 aromatic carbocycles. The van der Waals surface area contributed by atoms with Crippen molar-refractivity contribution < 1.29 is 17.7 Å². The van der Waals surface area contributed by atoms with Crippen molar-refractivity contribution in [3.63, 3.8) is 0 Å². The first-order valence-corrected chi connectivity index (χ1v) is 11.7. The zero-order chi connectivity index (χ0) is 23.3. The predicted molar refractivity (Wildman–Crippen MR) is 132 cm³/mol. The number of anilines is 4. The van der Waals surface area contributed by atoms with Crippen LogP contribution < -0.4 is 40.6 Å². The number of hydrogen-bond donors (Lipinski definition) is 4. The Morgan fingerprint density at radius 2 is 0.515 bits per heavy atom. The van der Waals surface area contributed by atoms with E-state index in [9.17, 15) is 0 Å². The number of nitrogens with two attached hydrogens (primary N) is 4. The maximum absolute atomic E-state index is 6.28. The van der Waals surface area contributed by atoms with Gasteiger partial charge in [0.1, 0.15) is 0 Å². The Morgan fingerprint density at radius 1 is 0.333 bits per heavy atom. The molecule has 169 valence electrons. The Bertz CT molecular complexity index is 990. The summed E-state index contributed by atoms with van der Waals surface area (Å²) in [4.78, 5) is 0. The fourth-order valence-corrected chi connectivity index (χ4v) is 4.79. The number of rotatable bonds is 8. The Morgan fingerprint density at radius 3 is 0.697 bits per heavy atom. The molecule has 0 saturated heterocycles. The zero-order valence-electron chi connectivity index (χ0n) is 17.7. The first-order valence-electron chi connectivity index (χ1n) is 10.1. The second kappa shape index (κ2) is 9.33. The van der Waals surface area contributed by atoms with E-state index < -0.39 is 9.05 Å². The molecule has 33 heavy (non-hydrogen) atoms. The van der Waals surface area contributed by atoms with Crippen LogP contribution in [0.5, 0.6) is 23.0 Å². The monoisotopic (exact) mass is 460 g/mol. The summed E-state index contributed by atoms with van der Waals surface area (Å²) in [5, 5.41) is 0. The van der Waals surface area contributed by atoms with Gasteiger partial charge in [-0.3, -0.25) is 0 Å². The van der Waals surface area contributed by atoms with Gasteiger partial charge in [-0.25, -0.2) is 0 Å². The van der Waals surface area contributed by atoms with Crippen molar-refractivity contribution >= 4 is 31.8 Å². The third kappa shape index (κ3) is 5.80. The number of benzene rings is 4. The molecule has 0 unspecified atom stereocenters. The van der Waals surface area contributed by atoms with E-state index >= 15 is 0 Å². The number of hydrogen-bond acceptors (Lipinski definition) is 8. The average Bonchev–Trinajstić information content (AvgIpc) is 2.80. The molecular formula is C24H24N4O4Si-. The van der Waals surface area contributed by atoms with Gasteiger partial charge < -0.3 is 40.6 Å². The second-order valence-corrected chi connectivity index (χ2v) is 9.00. The standard InChI is InChI=1S/C24H24N4O4Si/c25-17-1-9-21(10-2-17)29-33(30-22-11-3-18(26)4-12-22,31-23-13-5-19(27)6-14-23)32-24-15-7-20(28)8-16-24/h1-16H,25-28H2/q-1. The summed E-state index contributed by atoms with van der Waals surface area (Å²) in [6.07, 6.45) is 0. The molecule has 0 atom stereocenters. The summed E-state index contributed by atoms with van der Waals surface area (Å²) in [7, 11) is -3.99. The maximum Gasteiger partial charge on any atom is 0.730 e. The van der Waals surface area contributed by atoms with E-state index in [-0.39, 0.29) is 0 Å². The summed E-state index contributed by atoms with van der Waals surface area (Å²) in [6.45, 7) is 0. The van der Waals surface area contributed by atoms with Crippen LogP contribution in [0.15, 0.2) is 97.1 Å². The summed E-state index contributed by atoms with van der Waals surface area (Å²) in [5.41, 5.74) is 25.7. The lowest BCUT2D eigenvalue weighted by Crippen LogP contribution is -2.60. The van der Waals surface area contributed by atoms with Crippen LogP contribution in [0.25, 0.3) is 0 Å². The van der Waals surface area contributed by atoms with Crippen LogP contribution in [0.2, 0.25) is 0 Å². The first kappa shape index (κ1) is 21.7. The van der Waals surface area contributed by atoms with Gasteiger partial charge in [0.2, 0.25) is 0 Å². The smallest absolute Gasteiger partial charge is 0.603 e. The Hall–Kier alpha value is -4.50. The van der Waals surface area contributed by atoms with E-state index in [2.05, 4.69) is 0 Å². The molecule has 0 aliphatic carbocycles. The number of nitrogen functional groups attached to an aromatic ring is 4. The van der Waals surface area contributed by atoms with Crippen LogP contribution in [0, 0.1) is 0 Å². The highest BCUT2D eigenvalue weighted by Crippen LogP contribution is 2.28. The Labute approximate surface area is 192 Å². The highest BCUT2D eigenvalue weighted by atomic mass is 28.4. The van der Waals surface area contributed by atoms with E-state index in [1.54, 1.807) is 97.1 Å². The van der Waals surface area contributed by atoms with E-state index in [1.165, 1.54) is 0 Å². The Balaban J connectivity index is 1.77. The largest absolute Gasteiger partial charge is 0.730 e. The van der Waals surface area contributed by atoms with Crippen molar-refractivity contribution in [2.45, 2.75) is 0 Å². The van der Waals surface area contributed by atoms with Crippen molar-refractivity contribution in [2.75, 3.05) is 22.9 Å². The van der Waals surface area contributed by atoms with Crippen molar-refractivity contribution in [3.8, 4) is 23.0 Å². The van der Waals surface area contributed by atoms with Crippen LogP contribution in [0.3, 0.4) is 0 Å². The van der Waals surface area contributed by atoms with E-state index in [0.717, 1.165) is 0 Å². The topological polar surface area (TPSA) is 141 Å². The van der Waals surface area contributed by atoms with Crippen molar-refractivity contribution in [3.05, 3.63) is 97.1 Å². The molecule has 0 fully saturated rings. The molecule has 0 radical (unpaired) electrons. The molecule has 0 heterocycles. The molecule has 0 amide bonds. The lowest BCUT2D eigenvalue weighted by atomic mass is 10.3. The fraction of sp³-hybridized carbons (Fsp3) is 0. The third-order valence-corrected chi connectivity index (χ3v) is 6.43. The minimum absolute atomic E-state index is 0.456. The van der Waals surface area contributed by atoms with E-state index in [0.29, 0.717) is 45.7 Å². The molecule has 0 saturated carbocycles. The molecule has 0 bridgehead atoms. The molecule has 0 aliphatic rings. The van der Waals surface area contributed by atoms with Gasteiger partial charge in [-0.2, -0.15) is 0 Å². The van der Waals surface area contributed by atoms with Gasteiger partial charge in [-0.15, -0.1) is 0 Å². The van der Waals surface area contributed by atoms with Crippen molar-refractivity contribution in [2.24, 2.45) is 0 Å². The zero-order valence-corrected chi connectivity index (χ0v) is 18.7. The minimum atomic E-state index is -3.99. The van der Waals surface area contributed by atoms with Gasteiger partial charge in [-0.1, -0.05) is 0 Å². The average molecular weight is 461 g/mol. The maximum atomic E-state index is 6.28. The normalized spacial score (nSPS) is 10.9. The molecule has 9 heteroatoms. The quantitative estimate of drug-likeness (QED) is 0.228. The van der Waals surface area contributed by atoms with Gasteiger partial charge >= 0.3 is 9.05 Å². The lowest BCUT2D eigenvalue weighted by molar-refractivity contribution is 0.161. The minimum Gasteiger partial charge on any atom is -0.603 e. The fourth-order valence-electron chi connectivity index (χ4n) is 2.85. The molecule has 0 aliphatic heterocycles. The van der Waals surface area contributed by atoms with Crippen LogP contribution in [0.1, 0.15) is 0 Å². The van der Waals surface area contributed by atoms with Crippen LogP contribution in [-0.2, 0) is 0 Å². The van der Waals surface area contributed by atoms with Gasteiger partial charge in [0.15, 0.2) is 0 Å². The van der Waals surface area contributed by atoms with Crippen LogP contribution in [0.4, 0.5) is 22.7 Å². The molecule has 8 nitrogen and oxygen atoms in total. The highest BCUT2D eigenvalue weighted by Gasteiger charge is 2.41. The van der Waals surface area contributed by atoms with Gasteiger partial charge in [0, 0.05) is 22.7 Å². The SMILES string of the molecule is Nc1ccc(O[Si-](Oc2ccc(N)cc2)(Oc2ccc(N)cc2)Oc2ccc(N)cc2)cc1. The van der Waals surface area contributed by atoms with Crippen molar-refractivity contribution in [1.29, 1.82) is 0 Å². The lowest BCUT2D eigenvalue weighted by Gasteiger charge is -2.42. The van der Waals surface area contributed by atoms with E-state index in [4.69, 9.17) is 40.6 Å². The second-order valence-electron chi connectivity index (χ2n) is 7.18. The predicted octanol–water partition coefficient (Wildman–Crippen LogP) is 4.07. The first-order chi connectivity index (χ1) is 15.9. The Kier molecular flexibility index (Phi) is 6.14. The third-order valence-electron chi connectivity index (χ3n) is 4.49. The molecule has 0 spiro atoms. The van der Waals surface area contributed by atoms with Gasteiger partial charge in [0.05, 0.1) is 23.0 Å². The van der Waals surface area contributed by atoms with Crippen LogP contribution in [-0.4, -0.2) is 9.05 Å². The highest BCUT2D eigenvalue weighted by molar-refractivity contribution is 6.57. The van der Waals surface area contributed by atoms with Gasteiger partial charge in [-0.05, 0) is 97.1 Å². The molecule has 8 N–H and O–H groups in total. The molecule has 4 aromatic rings. The molecular weight excluding hydrogens is 436 g/mol. The van der Waals surface area contributed by atoms with E-state index in [1.807, 2.05) is 0 Å². The van der Waals surface area contributed by atoms with Crippen LogP contribution >= 0.6 is 0 Å². The molecule has 4 rings (SSSR count). The van der Waals surface area contributed by atoms with Gasteiger partial charge in [0.25, 0.3) is 0 Å². The summed E-state index contributed by atoms with van der Waals surface area (Å²) in [5.74, 6) is 1.82. The van der Waals surface area contributed by atoms with Crippen molar-refractivity contribution in [1.82, 2.24) is 0 Å². The summed E-state index contributed by atoms with van der Waals surface area (Å²) in [6, 6.07) is 27.4. The summed E-state index contributed by atoms with van der Waals surface area (Å²) < 4.78 is 25.1. The summed E-state index contributed by atoms with van der Waals surface area (Å²) >= 11 is 0.